The van der Waals surface area contributed by atoms with E-state index in [1.165, 1.54) is 36.4 Å². The summed E-state index contributed by atoms with van der Waals surface area (Å²) in [5.74, 6) is 0.887. The van der Waals surface area contributed by atoms with Crippen LogP contribution in [0.15, 0.2) is 23.1 Å². The molecule has 1 amide bonds. The fourth-order valence-corrected chi connectivity index (χ4v) is 5.67. The molecule has 1 aliphatic carbocycles. The van der Waals surface area contributed by atoms with E-state index in [1.807, 2.05) is 24.8 Å². The highest BCUT2D eigenvalue weighted by Crippen LogP contribution is 2.27. The van der Waals surface area contributed by atoms with Crippen molar-refractivity contribution >= 4 is 15.9 Å². The Kier molecular flexibility index (Phi) is 6.58. The number of carbonyl (C=O) groups excluding carboxylic acids is 1. The SMILES string of the molecule is Cc1ccc(S(=O)(=O)N2CCN(C(=O)CCC3CCCCC3)CC2)cc1C. The van der Waals surface area contributed by atoms with Gasteiger partial charge in [-0.1, -0.05) is 38.2 Å². The van der Waals surface area contributed by atoms with Crippen molar-refractivity contribution in [3.05, 3.63) is 29.3 Å². The molecule has 1 aromatic rings. The molecule has 1 heterocycles. The van der Waals surface area contributed by atoms with Gasteiger partial charge in [0.2, 0.25) is 15.9 Å². The molecule has 5 nitrogen and oxygen atoms in total. The molecule has 0 N–H and O–H groups in total. The van der Waals surface area contributed by atoms with Gasteiger partial charge in [-0.2, -0.15) is 4.31 Å². The minimum absolute atomic E-state index is 0.184. The molecular formula is C21H32N2O3S. The molecule has 1 saturated carbocycles. The fraction of sp³-hybridized carbons (Fsp3) is 0.667. The maximum absolute atomic E-state index is 12.9. The highest BCUT2D eigenvalue weighted by Gasteiger charge is 2.30. The first kappa shape index (κ1) is 20.3. The van der Waals surface area contributed by atoms with Crippen molar-refractivity contribution in [3.63, 3.8) is 0 Å². The molecule has 1 saturated heterocycles. The lowest BCUT2D eigenvalue weighted by atomic mass is 9.86. The summed E-state index contributed by atoms with van der Waals surface area (Å²) in [7, 11) is -3.48. The zero-order valence-corrected chi connectivity index (χ0v) is 17.4. The normalized spacial score (nSPS) is 20.0. The van der Waals surface area contributed by atoms with Gasteiger partial charge in [-0.15, -0.1) is 0 Å². The third-order valence-electron chi connectivity index (χ3n) is 6.20. The van der Waals surface area contributed by atoms with Crippen LogP contribution in [-0.4, -0.2) is 49.7 Å². The standard InChI is InChI=1S/C21H32N2O3S/c1-17-8-10-20(16-18(17)2)27(25,26)23-14-12-22(13-15-23)21(24)11-9-19-6-4-3-5-7-19/h8,10,16,19H,3-7,9,11-15H2,1-2H3. The van der Waals surface area contributed by atoms with E-state index in [4.69, 9.17) is 0 Å². The predicted octanol–water partition coefficient (Wildman–Crippen LogP) is 3.50. The maximum atomic E-state index is 12.9. The van der Waals surface area contributed by atoms with Gasteiger partial charge in [-0.3, -0.25) is 4.79 Å². The monoisotopic (exact) mass is 392 g/mol. The maximum Gasteiger partial charge on any atom is 0.243 e. The van der Waals surface area contributed by atoms with Gasteiger partial charge >= 0.3 is 0 Å². The van der Waals surface area contributed by atoms with Crippen molar-refractivity contribution in [1.82, 2.24) is 9.21 Å². The lowest BCUT2D eigenvalue weighted by Crippen LogP contribution is -2.50. The quantitative estimate of drug-likeness (QED) is 0.771. The molecule has 150 valence electrons. The van der Waals surface area contributed by atoms with E-state index in [0.29, 0.717) is 43.4 Å². The summed E-state index contributed by atoms with van der Waals surface area (Å²) >= 11 is 0. The molecule has 0 unspecified atom stereocenters. The van der Waals surface area contributed by atoms with Gasteiger partial charge in [-0.05, 0) is 49.4 Å². The van der Waals surface area contributed by atoms with E-state index in [1.54, 1.807) is 12.1 Å². The van der Waals surface area contributed by atoms with Crippen molar-refractivity contribution in [2.45, 2.75) is 63.7 Å². The largest absolute Gasteiger partial charge is 0.340 e. The number of hydrogen-bond acceptors (Lipinski definition) is 3. The number of hydrogen-bond donors (Lipinski definition) is 0. The number of carbonyl (C=O) groups is 1. The second-order valence-electron chi connectivity index (χ2n) is 8.07. The highest BCUT2D eigenvalue weighted by atomic mass is 32.2. The number of amides is 1. The molecular weight excluding hydrogens is 360 g/mol. The van der Waals surface area contributed by atoms with Crippen molar-refractivity contribution in [1.29, 1.82) is 0 Å². The molecule has 6 heteroatoms. The van der Waals surface area contributed by atoms with Crippen LogP contribution in [0.3, 0.4) is 0 Å². The lowest BCUT2D eigenvalue weighted by molar-refractivity contribution is -0.132. The van der Waals surface area contributed by atoms with Crippen molar-refractivity contribution < 1.29 is 13.2 Å². The van der Waals surface area contributed by atoms with Crippen LogP contribution < -0.4 is 0 Å². The first-order chi connectivity index (χ1) is 12.9. The Labute approximate surface area is 163 Å². The van der Waals surface area contributed by atoms with E-state index in [0.717, 1.165) is 17.5 Å². The van der Waals surface area contributed by atoms with Gasteiger partial charge in [0, 0.05) is 32.6 Å². The Hall–Kier alpha value is -1.40. The van der Waals surface area contributed by atoms with Crippen LogP contribution in [0.2, 0.25) is 0 Å². The molecule has 2 aliphatic rings. The van der Waals surface area contributed by atoms with Crippen LogP contribution in [0.5, 0.6) is 0 Å². The molecule has 2 fully saturated rings. The van der Waals surface area contributed by atoms with Crippen LogP contribution in [-0.2, 0) is 14.8 Å². The van der Waals surface area contributed by atoms with E-state index in [2.05, 4.69) is 0 Å². The average Bonchev–Trinajstić information content (AvgIpc) is 2.69. The van der Waals surface area contributed by atoms with Gasteiger partial charge in [0.15, 0.2) is 0 Å². The second kappa shape index (κ2) is 8.74. The third-order valence-corrected chi connectivity index (χ3v) is 8.09. The summed E-state index contributed by atoms with van der Waals surface area (Å²) in [4.78, 5) is 14.7. The van der Waals surface area contributed by atoms with E-state index < -0.39 is 10.0 Å². The topological polar surface area (TPSA) is 57.7 Å². The predicted molar refractivity (Wildman–Crippen MR) is 107 cm³/mol. The van der Waals surface area contributed by atoms with Crippen LogP contribution in [0.25, 0.3) is 0 Å². The number of nitrogens with zero attached hydrogens (tertiary/aromatic N) is 2. The molecule has 1 aromatic carbocycles. The summed E-state index contributed by atoms with van der Waals surface area (Å²) in [5.41, 5.74) is 2.06. The fourth-order valence-electron chi connectivity index (χ4n) is 4.16. The minimum Gasteiger partial charge on any atom is -0.340 e. The summed E-state index contributed by atoms with van der Waals surface area (Å²) in [6.07, 6.45) is 8.04. The van der Waals surface area contributed by atoms with Gasteiger partial charge in [0.25, 0.3) is 0 Å². The zero-order chi connectivity index (χ0) is 19.4. The molecule has 0 aromatic heterocycles. The second-order valence-corrected chi connectivity index (χ2v) is 10.0. The van der Waals surface area contributed by atoms with Crippen molar-refractivity contribution in [2.75, 3.05) is 26.2 Å². The van der Waals surface area contributed by atoms with E-state index >= 15 is 0 Å². The number of sulfonamides is 1. The number of aryl methyl sites for hydroxylation is 2. The average molecular weight is 393 g/mol. The lowest BCUT2D eigenvalue weighted by Gasteiger charge is -2.34. The molecule has 0 spiro atoms. The summed E-state index contributed by atoms with van der Waals surface area (Å²) in [6, 6.07) is 5.28. The number of rotatable bonds is 5. The Morgan fingerprint density at radius 1 is 1.00 bits per heavy atom. The summed E-state index contributed by atoms with van der Waals surface area (Å²) in [6.45, 7) is 5.65. The Bertz CT molecular complexity index is 762. The Morgan fingerprint density at radius 2 is 1.67 bits per heavy atom. The molecule has 0 bridgehead atoms. The zero-order valence-electron chi connectivity index (χ0n) is 16.6. The Morgan fingerprint density at radius 3 is 2.30 bits per heavy atom. The van der Waals surface area contributed by atoms with Gasteiger partial charge in [0.05, 0.1) is 4.90 Å². The highest BCUT2D eigenvalue weighted by molar-refractivity contribution is 7.89. The van der Waals surface area contributed by atoms with E-state index in [-0.39, 0.29) is 5.91 Å². The van der Waals surface area contributed by atoms with Gasteiger partial charge in [0.1, 0.15) is 0 Å². The van der Waals surface area contributed by atoms with Gasteiger partial charge in [-0.25, -0.2) is 8.42 Å². The summed E-state index contributed by atoms with van der Waals surface area (Å²) in [5, 5.41) is 0. The van der Waals surface area contributed by atoms with Crippen LogP contribution in [0.4, 0.5) is 0 Å². The molecule has 27 heavy (non-hydrogen) atoms. The summed E-state index contributed by atoms with van der Waals surface area (Å²) < 4.78 is 27.3. The van der Waals surface area contributed by atoms with E-state index in [9.17, 15) is 13.2 Å². The molecule has 1 aliphatic heterocycles. The van der Waals surface area contributed by atoms with Crippen molar-refractivity contribution in [3.8, 4) is 0 Å². The number of benzene rings is 1. The van der Waals surface area contributed by atoms with Crippen LogP contribution in [0, 0.1) is 19.8 Å². The third kappa shape index (κ3) is 4.91. The molecule has 0 radical (unpaired) electrons. The Balaban J connectivity index is 1.53. The van der Waals surface area contributed by atoms with Crippen LogP contribution in [0.1, 0.15) is 56.1 Å². The first-order valence-corrected chi connectivity index (χ1v) is 11.7. The van der Waals surface area contributed by atoms with Crippen LogP contribution >= 0.6 is 0 Å². The van der Waals surface area contributed by atoms with Gasteiger partial charge < -0.3 is 4.90 Å². The smallest absolute Gasteiger partial charge is 0.243 e. The van der Waals surface area contributed by atoms with Crippen molar-refractivity contribution in [2.24, 2.45) is 5.92 Å². The number of piperazine rings is 1. The molecule has 3 rings (SSSR count). The minimum atomic E-state index is -3.48. The first-order valence-electron chi connectivity index (χ1n) is 10.2. The molecule has 0 atom stereocenters.